The van der Waals surface area contributed by atoms with Crippen molar-refractivity contribution in [3.05, 3.63) is 69.6 Å². The predicted molar refractivity (Wildman–Crippen MR) is 118 cm³/mol. The third-order valence-corrected chi connectivity index (χ3v) is 6.94. The molecule has 1 unspecified atom stereocenters. The van der Waals surface area contributed by atoms with Crippen LogP contribution >= 0.6 is 23.2 Å². The number of hydrogen-bond acceptors (Lipinski definition) is 5. The number of ether oxygens (including phenoxy) is 2. The van der Waals surface area contributed by atoms with Crippen LogP contribution in [0.3, 0.4) is 0 Å². The number of hydrogen-bond donors (Lipinski definition) is 1. The topological polar surface area (TPSA) is 51.6 Å². The lowest BCUT2D eigenvalue weighted by Crippen LogP contribution is -2.45. The molecule has 6 nitrogen and oxygen atoms in total. The number of piperidine rings is 1. The van der Waals surface area contributed by atoms with Gasteiger partial charge in [0.25, 0.3) is 0 Å². The molecule has 1 aromatic carbocycles. The van der Waals surface area contributed by atoms with Crippen LogP contribution in [0.25, 0.3) is 0 Å². The lowest BCUT2D eigenvalue weighted by molar-refractivity contribution is -0.182. The molecule has 0 radical (unpaired) electrons. The van der Waals surface area contributed by atoms with Gasteiger partial charge in [-0.1, -0.05) is 35.8 Å². The van der Waals surface area contributed by atoms with Crippen LogP contribution in [0.15, 0.2) is 54.0 Å². The Morgan fingerprint density at radius 3 is 2.60 bits per heavy atom. The first-order valence-electron chi connectivity index (χ1n) is 10.2. The van der Waals surface area contributed by atoms with Gasteiger partial charge >= 0.3 is 0 Å². The number of benzene rings is 1. The molecule has 30 heavy (non-hydrogen) atoms. The average molecular weight is 447 g/mol. The monoisotopic (exact) mass is 446 g/mol. The maximum absolute atomic E-state index is 6.36. The number of nitrogens with one attached hydrogen (secondary N) is 1. The van der Waals surface area contributed by atoms with E-state index in [-0.39, 0.29) is 6.04 Å². The van der Waals surface area contributed by atoms with Gasteiger partial charge in [0, 0.05) is 49.0 Å². The quantitative estimate of drug-likeness (QED) is 0.731. The minimum atomic E-state index is -0.413. The van der Waals surface area contributed by atoms with Crippen molar-refractivity contribution in [2.45, 2.75) is 31.6 Å². The van der Waals surface area contributed by atoms with E-state index in [9.17, 15) is 0 Å². The van der Waals surface area contributed by atoms with Gasteiger partial charge in [-0.3, -0.25) is 0 Å². The first-order valence-corrected chi connectivity index (χ1v) is 10.9. The fourth-order valence-corrected chi connectivity index (χ4v) is 4.95. The zero-order chi connectivity index (χ0) is 20.9. The molecular formula is C22H24Cl2N4O2. The van der Waals surface area contributed by atoms with E-state index in [0.29, 0.717) is 23.3 Å². The Bertz CT molecular complexity index is 1020. The molecule has 2 aromatic rings. The summed E-state index contributed by atoms with van der Waals surface area (Å²) in [6.45, 7) is 9.58. The van der Waals surface area contributed by atoms with E-state index in [1.165, 1.54) is 0 Å². The Hall–Kier alpha value is -1.99. The largest absolute Gasteiger partial charge is 0.371 e. The third kappa shape index (κ3) is 3.32. The second-order valence-corrected chi connectivity index (χ2v) is 8.76. The molecule has 4 heterocycles. The summed E-state index contributed by atoms with van der Waals surface area (Å²) in [5.74, 6) is 0.522. The predicted octanol–water partition coefficient (Wildman–Crippen LogP) is 4.83. The van der Waals surface area contributed by atoms with Gasteiger partial charge < -0.3 is 19.7 Å². The zero-order valence-corrected chi connectivity index (χ0v) is 18.3. The smallest absolute Gasteiger partial charge is 0.171 e. The molecule has 5 rings (SSSR count). The number of likely N-dealkylation sites (tertiary alicyclic amines) is 1. The molecule has 158 valence electrons. The molecule has 1 N–H and O–H groups in total. The van der Waals surface area contributed by atoms with Crippen molar-refractivity contribution in [2.75, 3.05) is 31.6 Å². The van der Waals surface area contributed by atoms with Crippen molar-refractivity contribution in [2.24, 2.45) is 0 Å². The van der Waals surface area contributed by atoms with Crippen molar-refractivity contribution < 1.29 is 9.47 Å². The molecule has 3 aliphatic heterocycles. The molecule has 0 saturated carbocycles. The van der Waals surface area contributed by atoms with Crippen LogP contribution in [0.2, 0.25) is 10.0 Å². The van der Waals surface area contributed by atoms with Crippen LogP contribution in [0.5, 0.6) is 0 Å². The summed E-state index contributed by atoms with van der Waals surface area (Å²) >= 11 is 12.5. The Labute approximate surface area is 186 Å². The van der Waals surface area contributed by atoms with Gasteiger partial charge in [-0.15, -0.1) is 0 Å². The van der Waals surface area contributed by atoms with Crippen LogP contribution < -0.4 is 5.32 Å². The second-order valence-electron chi connectivity index (χ2n) is 7.94. The van der Waals surface area contributed by atoms with Crippen LogP contribution in [0.4, 0.5) is 5.82 Å². The SMILES string of the molecule is C=C(C1=C(C)Nc2ccnn2C1c1ccc(Cl)c(Cl)c1)N1CCC2(CC1)OCCO2. The Morgan fingerprint density at radius 2 is 1.90 bits per heavy atom. The zero-order valence-electron chi connectivity index (χ0n) is 16.8. The Morgan fingerprint density at radius 1 is 1.17 bits per heavy atom. The maximum atomic E-state index is 6.36. The number of fused-ring (bicyclic) bond motifs is 1. The highest BCUT2D eigenvalue weighted by atomic mass is 35.5. The normalized spacial score (nSPS) is 22.9. The fourth-order valence-electron chi connectivity index (χ4n) is 4.64. The third-order valence-electron chi connectivity index (χ3n) is 6.20. The molecule has 1 spiro atoms. The van der Waals surface area contributed by atoms with E-state index in [1.54, 1.807) is 6.20 Å². The van der Waals surface area contributed by atoms with Crippen molar-refractivity contribution in [1.82, 2.24) is 14.7 Å². The molecule has 1 aromatic heterocycles. The van der Waals surface area contributed by atoms with Gasteiger partial charge in [0.15, 0.2) is 5.79 Å². The molecule has 2 fully saturated rings. The van der Waals surface area contributed by atoms with Crippen molar-refractivity contribution in [3.63, 3.8) is 0 Å². The number of allylic oxidation sites excluding steroid dienone is 2. The Kier molecular flexibility index (Phi) is 5.06. The van der Waals surface area contributed by atoms with E-state index >= 15 is 0 Å². The number of anilines is 1. The number of halogens is 2. The van der Waals surface area contributed by atoms with E-state index < -0.39 is 5.79 Å². The number of rotatable bonds is 3. The fraction of sp³-hybridized carbons (Fsp3) is 0.409. The van der Waals surface area contributed by atoms with Crippen LogP contribution in [0, 0.1) is 0 Å². The van der Waals surface area contributed by atoms with Gasteiger partial charge in [-0.2, -0.15) is 5.10 Å². The lowest BCUT2D eigenvalue weighted by atomic mass is 9.91. The summed E-state index contributed by atoms with van der Waals surface area (Å²) in [4.78, 5) is 2.32. The van der Waals surface area contributed by atoms with E-state index in [2.05, 4.69) is 28.8 Å². The summed E-state index contributed by atoms with van der Waals surface area (Å²) in [5, 5.41) is 9.11. The van der Waals surface area contributed by atoms with E-state index in [1.807, 2.05) is 28.9 Å². The van der Waals surface area contributed by atoms with Gasteiger partial charge in [0.2, 0.25) is 0 Å². The molecule has 3 aliphatic rings. The summed E-state index contributed by atoms with van der Waals surface area (Å²) in [6.07, 6.45) is 3.46. The minimum absolute atomic E-state index is 0.145. The molecule has 0 aliphatic carbocycles. The van der Waals surface area contributed by atoms with E-state index in [0.717, 1.165) is 54.3 Å². The maximum Gasteiger partial charge on any atom is 0.171 e. The van der Waals surface area contributed by atoms with Crippen LogP contribution in [-0.4, -0.2) is 46.8 Å². The summed E-state index contributed by atoms with van der Waals surface area (Å²) in [6, 6.07) is 7.57. The Balaban J connectivity index is 1.48. The van der Waals surface area contributed by atoms with Crippen molar-refractivity contribution in [3.8, 4) is 0 Å². The molecular weight excluding hydrogens is 423 g/mol. The summed E-state index contributed by atoms with van der Waals surface area (Å²) < 4.78 is 13.7. The van der Waals surface area contributed by atoms with E-state index in [4.69, 9.17) is 32.7 Å². The van der Waals surface area contributed by atoms with Crippen molar-refractivity contribution >= 4 is 29.0 Å². The number of aromatic nitrogens is 2. The molecule has 0 amide bonds. The first kappa shape index (κ1) is 19.9. The molecule has 8 heteroatoms. The van der Waals surface area contributed by atoms with Gasteiger partial charge in [0.05, 0.1) is 29.5 Å². The summed E-state index contributed by atoms with van der Waals surface area (Å²) in [5.41, 5.74) is 4.14. The second kappa shape index (κ2) is 7.61. The number of nitrogens with zero attached hydrogens (tertiary/aromatic N) is 3. The lowest BCUT2D eigenvalue weighted by Gasteiger charge is -2.42. The van der Waals surface area contributed by atoms with Gasteiger partial charge in [0.1, 0.15) is 11.9 Å². The first-order chi connectivity index (χ1) is 14.5. The average Bonchev–Trinajstić information content (AvgIpc) is 3.39. The van der Waals surface area contributed by atoms with Gasteiger partial charge in [-0.25, -0.2) is 4.68 Å². The van der Waals surface area contributed by atoms with Gasteiger partial charge in [-0.05, 0) is 24.6 Å². The molecule has 0 bridgehead atoms. The standard InChI is InChI=1S/C22H24Cl2N4O2/c1-14-20(15(2)27-9-6-22(7-10-27)29-11-12-30-22)21(28-19(26-14)5-8-25-28)16-3-4-17(23)18(24)13-16/h3-5,8,13,21,26H,2,6-7,9-12H2,1H3. The van der Waals surface area contributed by atoms with Crippen molar-refractivity contribution in [1.29, 1.82) is 0 Å². The summed E-state index contributed by atoms with van der Waals surface area (Å²) in [7, 11) is 0. The highest BCUT2D eigenvalue weighted by Crippen LogP contribution is 2.42. The molecule has 1 atom stereocenters. The highest BCUT2D eigenvalue weighted by Gasteiger charge is 2.41. The van der Waals surface area contributed by atoms with Crippen LogP contribution in [-0.2, 0) is 9.47 Å². The van der Waals surface area contributed by atoms with Crippen LogP contribution in [0.1, 0.15) is 31.4 Å². The molecule has 2 saturated heterocycles. The highest BCUT2D eigenvalue weighted by molar-refractivity contribution is 6.42. The minimum Gasteiger partial charge on any atom is -0.371 e.